The molecule has 2 amide bonds. The van der Waals surface area contributed by atoms with Crippen molar-refractivity contribution in [1.29, 1.82) is 0 Å². The maximum atomic E-state index is 13.6. The van der Waals surface area contributed by atoms with Gasteiger partial charge in [-0.15, -0.1) is 0 Å². The largest absolute Gasteiger partial charge is 0.392 e. The summed E-state index contributed by atoms with van der Waals surface area (Å²) in [6.07, 6.45) is 3.23. The number of amides is 2. The minimum Gasteiger partial charge on any atom is -0.392 e. The lowest BCUT2D eigenvalue weighted by Gasteiger charge is -2.36. The zero-order valence-corrected chi connectivity index (χ0v) is 29.9. The molecule has 1 atom stereocenters. The standard InChI is InChI=1S/C37H45ClN8O4/c1-22(47)19-45-15-11-31-29(20-45)39-34(43(31)3)36(48)41-27-9-5-7-25(23(27)2)26-8-6-10-28(33(26)38)42-37(49)35-40-30-21-46(16-12-32(30)44(35)4)24-13-17-50-18-14-24/h5-10,22,24,47H,11-21H2,1-4H3,(H,41,48)(H,42,49). The summed E-state index contributed by atoms with van der Waals surface area (Å²) < 4.78 is 9.33. The molecule has 0 saturated carbocycles. The first-order valence-corrected chi connectivity index (χ1v) is 17.8. The van der Waals surface area contributed by atoms with Crippen LogP contribution in [0.2, 0.25) is 5.02 Å². The van der Waals surface area contributed by atoms with Crippen molar-refractivity contribution in [3.05, 3.63) is 81.4 Å². The third kappa shape index (κ3) is 6.70. The minimum atomic E-state index is -0.427. The maximum Gasteiger partial charge on any atom is 0.291 e. The number of hydrogen-bond acceptors (Lipinski definition) is 8. The molecule has 0 aliphatic carbocycles. The van der Waals surface area contributed by atoms with Crippen molar-refractivity contribution in [3.8, 4) is 11.1 Å². The van der Waals surface area contributed by atoms with Gasteiger partial charge in [0.05, 0.1) is 28.2 Å². The van der Waals surface area contributed by atoms with E-state index in [0.717, 1.165) is 98.0 Å². The summed E-state index contributed by atoms with van der Waals surface area (Å²) in [5.41, 5.74) is 7.47. The first-order valence-electron chi connectivity index (χ1n) is 17.4. The van der Waals surface area contributed by atoms with Crippen molar-refractivity contribution in [1.82, 2.24) is 28.9 Å². The van der Waals surface area contributed by atoms with E-state index in [1.807, 2.05) is 60.5 Å². The van der Waals surface area contributed by atoms with Gasteiger partial charge in [0, 0.05) is 102 Å². The van der Waals surface area contributed by atoms with Gasteiger partial charge in [0.15, 0.2) is 11.6 Å². The number of benzene rings is 2. The van der Waals surface area contributed by atoms with E-state index < -0.39 is 6.10 Å². The number of imidazole rings is 2. The fraction of sp³-hybridized carbons (Fsp3) is 0.459. The molecule has 12 nitrogen and oxygen atoms in total. The van der Waals surface area contributed by atoms with Gasteiger partial charge in [-0.25, -0.2) is 9.97 Å². The summed E-state index contributed by atoms with van der Waals surface area (Å²) in [7, 11) is 3.77. The molecule has 0 bridgehead atoms. The third-order valence-electron chi connectivity index (χ3n) is 10.4. The molecule has 2 aromatic heterocycles. The lowest BCUT2D eigenvalue weighted by molar-refractivity contribution is 0.0283. The number of anilines is 2. The van der Waals surface area contributed by atoms with E-state index in [0.29, 0.717) is 47.2 Å². The number of nitrogens with zero attached hydrogens (tertiary/aromatic N) is 6. The summed E-state index contributed by atoms with van der Waals surface area (Å²) in [6, 6.07) is 11.7. The molecule has 1 fully saturated rings. The molecule has 2 aromatic carbocycles. The number of carbonyl (C=O) groups is 2. The van der Waals surface area contributed by atoms with Crippen LogP contribution in [0.4, 0.5) is 11.4 Å². The first-order chi connectivity index (χ1) is 24.1. The molecule has 4 aromatic rings. The lowest BCUT2D eigenvalue weighted by atomic mass is 9.98. The highest BCUT2D eigenvalue weighted by Crippen LogP contribution is 2.38. The van der Waals surface area contributed by atoms with E-state index in [1.54, 1.807) is 13.0 Å². The van der Waals surface area contributed by atoms with Crippen molar-refractivity contribution >= 4 is 34.8 Å². The van der Waals surface area contributed by atoms with Crippen molar-refractivity contribution in [2.24, 2.45) is 14.1 Å². The number of carbonyl (C=O) groups excluding carboxylic acids is 2. The van der Waals surface area contributed by atoms with Crippen LogP contribution in [-0.2, 0) is 44.8 Å². The number of aliphatic hydroxyl groups excluding tert-OH is 1. The number of halogens is 1. The van der Waals surface area contributed by atoms with Crippen LogP contribution in [0, 0.1) is 6.92 Å². The number of nitrogens with one attached hydrogen (secondary N) is 2. The van der Waals surface area contributed by atoms with Crippen molar-refractivity contribution in [2.45, 2.75) is 64.8 Å². The van der Waals surface area contributed by atoms with Gasteiger partial charge < -0.3 is 29.6 Å². The second-order valence-electron chi connectivity index (χ2n) is 13.7. The molecular formula is C37H45ClN8O4. The van der Waals surface area contributed by atoms with Crippen LogP contribution < -0.4 is 10.6 Å². The SMILES string of the molecule is Cc1c(NC(=O)c2nc3c(n2C)CCN(CC(C)O)C3)cccc1-c1cccc(NC(=O)c2nc3c(n2C)CCN(C2CCOCC2)C3)c1Cl. The molecule has 0 spiro atoms. The zero-order chi connectivity index (χ0) is 35.1. The Morgan fingerprint density at radius 2 is 1.48 bits per heavy atom. The van der Waals surface area contributed by atoms with E-state index in [9.17, 15) is 14.7 Å². The first kappa shape index (κ1) is 34.4. The molecule has 264 valence electrons. The molecular weight excluding hydrogens is 656 g/mol. The molecule has 3 aliphatic heterocycles. The third-order valence-corrected chi connectivity index (χ3v) is 10.8. The summed E-state index contributed by atoms with van der Waals surface area (Å²) in [5.74, 6) is 0.0829. The number of β-amino-alcohol motifs (C(OH)–C–C–N with tert-alkyl or cyclic N) is 1. The molecule has 1 saturated heterocycles. The van der Waals surface area contributed by atoms with Crippen LogP contribution in [-0.4, -0.2) is 90.8 Å². The monoisotopic (exact) mass is 700 g/mol. The van der Waals surface area contributed by atoms with Crippen LogP contribution in [0.3, 0.4) is 0 Å². The average molecular weight is 701 g/mol. The van der Waals surface area contributed by atoms with Gasteiger partial charge in [0.25, 0.3) is 11.8 Å². The Kier molecular flexibility index (Phi) is 9.82. The van der Waals surface area contributed by atoms with E-state index >= 15 is 0 Å². The van der Waals surface area contributed by atoms with E-state index in [4.69, 9.17) is 26.3 Å². The predicted octanol–water partition coefficient (Wildman–Crippen LogP) is 4.56. The van der Waals surface area contributed by atoms with Crippen LogP contribution >= 0.6 is 11.6 Å². The normalized spacial score (nSPS) is 17.6. The van der Waals surface area contributed by atoms with Crippen molar-refractivity contribution < 1.29 is 19.4 Å². The minimum absolute atomic E-state index is 0.301. The summed E-state index contributed by atoms with van der Waals surface area (Å²) in [4.78, 5) is 41.3. The summed E-state index contributed by atoms with van der Waals surface area (Å²) in [5, 5.41) is 16.3. The molecule has 0 radical (unpaired) electrons. The fourth-order valence-corrected chi connectivity index (χ4v) is 7.96. The Bertz CT molecular complexity index is 1930. The van der Waals surface area contributed by atoms with Crippen LogP contribution in [0.15, 0.2) is 36.4 Å². The molecule has 13 heteroatoms. The van der Waals surface area contributed by atoms with Gasteiger partial charge in [-0.2, -0.15) is 0 Å². The summed E-state index contributed by atoms with van der Waals surface area (Å²) in [6.45, 7) is 8.94. The van der Waals surface area contributed by atoms with Crippen LogP contribution in [0.25, 0.3) is 11.1 Å². The Balaban J connectivity index is 1.07. The maximum absolute atomic E-state index is 13.6. The highest BCUT2D eigenvalue weighted by Gasteiger charge is 2.30. The van der Waals surface area contributed by atoms with Gasteiger partial charge in [-0.3, -0.25) is 19.4 Å². The molecule has 50 heavy (non-hydrogen) atoms. The Labute approximate surface area is 297 Å². The summed E-state index contributed by atoms with van der Waals surface area (Å²) >= 11 is 6.99. The van der Waals surface area contributed by atoms with E-state index in [2.05, 4.69) is 20.4 Å². The quantitative estimate of drug-likeness (QED) is 0.244. The topological polar surface area (TPSA) is 130 Å². The van der Waals surface area contributed by atoms with Crippen molar-refractivity contribution in [2.75, 3.05) is 43.5 Å². The fourth-order valence-electron chi connectivity index (χ4n) is 7.68. The number of ether oxygens (including phenoxy) is 1. The average Bonchev–Trinajstić information content (AvgIpc) is 3.62. The second kappa shape index (κ2) is 14.3. The lowest BCUT2D eigenvalue weighted by Crippen LogP contribution is -2.42. The number of rotatable bonds is 8. The van der Waals surface area contributed by atoms with Gasteiger partial charge in [0.1, 0.15) is 0 Å². The number of fused-ring (bicyclic) bond motifs is 2. The van der Waals surface area contributed by atoms with Crippen LogP contribution in [0.1, 0.15) is 69.3 Å². The Morgan fingerprint density at radius 3 is 2.14 bits per heavy atom. The van der Waals surface area contributed by atoms with E-state index in [1.165, 1.54) is 0 Å². The Hall–Kier alpha value is -4.07. The van der Waals surface area contributed by atoms with E-state index in [-0.39, 0.29) is 11.8 Å². The van der Waals surface area contributed by atoms with Crippen molar-refractivity contribution in [3.63, 3.8) is 0 Å². The van der Waals surface area contributed by atoms with Gasteiger partial charge >= 0.3 is 0 Å². The molecule has 3 aliphatic rings. The highest BCUT2D eigenvalue weighted by atomic mass is 35.5. The van der Waals surface area contributed by atoms with Gasteiger partial charge in [0.2, 0.25) is 0 Å². The Morgan fingerprint density at radius 1 is 0.900 bits per heavy atom. The molecule has 7 rings (SSSR count). The zero-order valence-electron chi connectivity index (χ0n) is 29.1. The smallest absolute Gasteiger partial charge is 0.291 e. The molecule has 5 heterocycles. The van der Waals surface area contributed by atoms with Crippen LogP contribution in [0.5, 0.6) is 0 Å². The van der Waals surface area contributed by atoms with Gasteiger partial charge in [-0.05, 0) is 49.9 Å². The number of hydrogen-bond donors (Lipinski definition) is 3. The number of aromatic nitrogens is 4. The molecule has 3 N–H and O–H groups in total. The van der Waals surface area contributed by atoms with Gasteiger partial charge in [-0.1, -0.05) is 35.9 Å². The second-order valence-corrected chi connectivity index (χ2v) is 14.1. The number of aliphatic hydroxyl groups is 1. The molecule has 1 unspecified atom stereocenters. The predicted molar refractivity (Wildman–Crippen MR) is 193 cm³/mol. The highest BCUT2D eigenvalue weighted by molar-refractivity contribution is 6.36.